The lowest BCUT2D eigenvalue weighted by molar-refractivity contribution is -0.119. The van der Waals surface area contributed by atoms with Crippen molar-refractivity contribution < 1.29 is 19.1 Å². The van der Waals surface area contributed by atoms with Crippen LogP contribution in [-0.2, 0) is 9.53 Å². The van der Waals surface area contributed by atoms with E-state index in [9.17, 15) is 9.59 Å². The molecule has 2 N–H and O–H groups in total. The average Bonchev–Trinajstić information content (AvgIpc) is 3.28. The minimum atomic E-state index is -0.141. The topological polar surface area (TPSA) is 79.9 Å². The van der Waals surface area contributed by atoms with E-state index in [2.05, 4.69) is 24.5 Å². The first kappa shape index (κ1) is 22.6. The Balaban J connectivity index is 1.85. The lowest BCUT2D eigenvalue weighted by Gasteiger charge is -2.30. The molecule has 0 radical (unpaired) electrons. The summed E-state index contributed by atoms with van der Waals surface area (Å²) >= 11 is 0. The predicted molar refractivity (Wildman–Crippen MR) is 117 cm³/mol. The summed E-state index contributed by atoms with van der Waals surface area (Å²) in [5.74, 6) is 0.730. The molecule has 0 saturated heterocycles. The highest BCUT2D eigenvalue weighted by Gasteiger charge is 2.27. The number of likely N-dealkylation sites (N-methyl/N-ethyl adjacent to an activating group) is 1. The average molecular weight is 418 g/mol. The number of nitrogens with zero attached hydrogens (tertiary/aromatic N) is 1. The summed E-state index contributed by atoms with van der Waals surface area (Å²) in [6, 6.07) is 5.45. The summed E-state index contributed by atoms with van der Waals surface area (Å²) in [5.41, 5.74) is 1.09. The number of carbonyl (C=O) groups excluding carboxylic acids is 2. The van der Waals surface area contributed by atoms with Gasteiger partial charge in [0.2, 0.25) is 5.91 Å². The lowest BCUT2D eigenvalue weighted by atomic mass is 10.0. The molecule has 3 atom stereocenters. The van der Waals surface area contributed by atoms with Gasteiger partial charge in [-0.05, 0) is 43.9 Å². The fraction of sp³-hybridized carbons (Fsp3) is 0.652. The van der Waals surface area contributed by atoms with E-state index in [1.54, 1.807) is 31.2 Å². The van der Waals surface area contributed by atoms with Gasteiger partial charge < -0.3 is 25.0 Å². The van der Waals surface area contributed by atoms with Crippen LogP contribution in [0.2, 0.25) is 0 Å². The maximum Gasteiger partial charge on any atom is 0.257 e. The van der Waals surface area contributed by atoms with Gasteiger partial charge in [-0.1, -0.05) is 19.8 Å². The standard InChI is InChI=1S/C23H35N3O4/c1-15-12-24-16(2)14-30-20-10-9-18(25-22(27)17-7-5-6-8-17)11-19(20)23(28)26(3)13-21(15)29-4/h9-11,15-17,21,24H,5-8,12-14H2,1-4H3,(H,25,27)/t15-,16+,21+/m1/s1. The van der Waals surface area contributed by atoms with Crippen molar-refractivity contribution in [1.82, 2.24) is 10.2 Å². The monoisotopic (exact) mass is 417 g/mol. The smallest absolute Gasteiger partial charge is 0.257 e. The normalized spacial score (nSPS) is 26.3. The van der Waals surface area contributed by atoms with Crippen molar-refractivity contribution in [3.05, 3.63) is 23.8 Å². The van der Waals surface area contributed by atoms with Gasteiger partial charge in [0.25, 0.3) is 5.91 Å². The van der Waals surface area contributed by atoms with E-state index < -0.39 is 0 Å². The van der Waals surface area contributed by atoms with Crippen molar-refractivity contribution in [3.8, 4) is 5.75 Å². The predicted octanol–water partition coefficient (Wildman–Crippen LogP) is 2.91. The van der Waals surface area contributed by atoms with Crippen molar-refractivity contribution in [2.45, 2.75) is 51.7 Å². The van der Waals surface area contributed by atoms with Crippen LogP contribution in [0.25, 0.3) is 0 Å². The summed E-state index contributed by atoms with van der Waals surface area (Å²) in [6.45, 7) is 5.88. The van der Waals surface area contributed by atoms with Crippen molar-refractivity contribution in [2.75, 3.05) is 39.2 Å². The van der Waals surface area contributed by atoms with E-state index in [-0.39, 0.29) is 35.8 Å². The van der Waals surface area contributed by atoms with E-state index in [1.807, 2.05) is 6.07 Å². The van der Waals surface area contributed by atoms with Gasteiger partial charge in [-0.3, -0.25) is 9.59 Å². The Labute approximate surface area is 179 Å². The lowest BCUT2D eigenvalue weighted by Crippen LogP contribution is -2.44. The van der Waals surface area contributed by atoms with Crippen LogP contribution >= 0.6 is 0 Å². The van der Waals surface area contributed by atoms with Gasteiger partial charge in [0.15, 0.2) is 0 Å². The molecule has 3 rings (SSSR count). The highest BCUT2D eigenvalue weighted by Crippen LogP contribution is 2.28. The third kappa shape index (κ3) is 5.52. The molecule has 1 aromatic carbocycles. The second-order valence-corrected chi connectivity index (χ2v) is 8.74. The minimum absolute atomic E-state index is 0.0356. The van der Waals surface area contributed by atoms with Crippen LogP contribution in [0.4, 0.5) is 5.69 Å². The Morgan fingerprint density at radius 1 is 1.27 bits per heavy atom. The first-order chi connectivity index (χ1) is 14.4. The molecule has 1 aromatic rings. The zero-order valence-electron chi connectivity index (χ0n) is 18.6. The van der Waals surface area contributed by atoms with Crippen LogP contribution in [0.15, 0.2) is 18.2 Å². The number of fused-ring (bicyclic) bond motifs is 1. The Kier molecular flexibility index (Phi) is 7.72. The molecule has 1 aliphatic carbocycles. The van der Waals surface area contributed by atoms with E-state index in [1.165, 1.54) is 0 Å². The zero-order valence-corrected chi connectivity index (χ0v) is 18.6. The summed E-state index contributed by atoms with van der Waals surface area (Å²) < 4.78 is 11.6. The SMILES string of the molecule is CO[C@H]1CN(C)C(=O)c2cc(NC(=O)C3CCCC3)ccc2OC[C@H](C)NC[C@H]1C. The molecule has 2 aliphatic rings. The van der Waals surface area contributed by atoms with Gasteiger partial charge in [-0.15, -0.1) is 0 Å². The summed E-state index contributed by atoms with van der Waals surface area (Å²) in [5, 5.41) is 6.46. The molecule has 0 unspecified atom stereocenters. The highest BCUT2D eigenvalue weighted by molar-refractivity contribution is 5.99. The van der Waals surface area contributed by atoms with E-state index in [0.717, 1.165) is 32.2 Å². The molecule has 1 heterocycles. The molecular weight excluding hydrogens is 382 g/mol. The summed E-state index contributed by atoms with van der Waals surface area (Å²) in [6.07, 6.45) is 3.99. The maximum absolute atomic E-state index is 13.3. The van der Waals surface area contributed by atoms with Crippen LogP contribution < -0.4 is 15.4 Å². The Morgan fingerprint density at radius 3 is 2.70 bits per heavy atom. The van der Waals surface area contributed by atoms with Crippen molar-refractivity contribution >= 4 is 17.5 Å². The second-order valence-electron chi connectivity index (χ2n) is 8.74. The fourth-order valence-corrected chi connectivity index (χ4v) is 4.17. The molecule has 0 spiro atoms. The molecule has 0 bridgehead atoms. The van der Waals surface area contributed by atoms with Crippen molar-refractivity contribution in [2.24, 2.45) is 11.8 Å². The van der Waals surface area contributed by atoms with E-state index in [4.69, 9.17) is 9.47 Å². The third-order valence-corrected chi connectivity index (χ3v) is 6.22. The van der Waals surface area contributed by atoms with Crippen molar-refractivity contribution in [3.63, 3.8) is 0 Å². The number of ether oxygens (including phenoxy) is 2. The first-order valence-corrected chi connectivity index (χ1v) is 11.0. The second kappa shape index (κ2) is 10.3. The third-order valence-electron chi connectivity index (χ3n) is 6.22. The van der Waals surface area contributed by atoms with Crippen LogP contribution in [0.1, 0.15) is 49.9 Å². The molecular formula is C23H35N3O4. The number of hydrogen-bond acceptors (Lipinski definition) is 5. The Morgan fingerprint density at radius 2 is 2.00 bits per heavy atom. The minimum Gasteiger partial charge on any atom is -0.491 e. The molecule has 1 fully saturated rings. The van der Waals surface area contributed by atoms with Crippen LogP contribution in [-0.4, -0.2) is 62.7 Å². The number of methoxy groups -OCH3 is 1. The molecule has 0 aromatic heterocycles. The zero-order chi connectivity index (χ0) is 21.7. The van der Waals surface area contributed by atoms with Gasteiger partial charge >= 0.3 is 0 Å². The molecule has 7 heteroatoms. The van der Waals surface area contributed by atoms with Gasteiger partial charge in [-0.25, -0.2) is 0 Å². The number of carbonyl (C=O) groups is 2. The fourth-order valence-electron chi connectivity index (χ4n) is 4.17. The summed E-state index contributed by atoms with van der Waals surface area (Å²) in [7, 11) is 3.46. The van der Waals surface area contributed by atoms with Gasteiger partial charge in [0.1, 0.15) is 12.4 Å². The van der Waals surface area contributed by atoms with Gasteiger partial charge in [0.05, 0.1) is 11.7 Å². The van der Waals surface area contributed by atoms with E-state index in [0.29, 0.717) is 30.2 Å². The maximum atomic E-state index is 13.3. The number of nitrogens with one attached hydrogen (secondary N) is 2. The van der Waals surface area contributed by atoms with Crippen LogP contribution in [0, 0.1) is 11.8 Å². The largest absolute Gasteiger partial charge is 0.491 e. The first-order valence-electron chi connectivity index (χ1n) is 11.0. The Bertz CT molecular complexity index is 748. The van der Waals surface area contributed by atoms with Gasteiger partial charge in [-0.2, -0.15) is 0 Å². The molecule has 1 aliphatic heterocycles. The Hall–Kier alpha value is -2.12. The molecule has 7 nitrogen and oxygen atoms in total. The number of rotatable bonds is 3. The van der Waals surface area contributed by atoms with Crippen molar-refractivity contribution in [1.29, 1.82) is 0 Å². The number of amides is 2. The number of anilines is 1. The molecule has 2 amide bonds. The number of hydrogen-bond donors (Lipinski definition) is 2. The molecule has 1 saturated carbocycles. The summed E-state index contributed by atoms with van der Waals surface area (Å²) in [4.78, 5) is 27.5. The number of benzene rings is 1. The molecule has 166 valence electrons. The van der Waals surface area contributed by atoms with Gasteiger partial charge in [0, 0.05) is 44.9 Å². The van der Waals surface area contributed by atoms with E-state index >= 15 is 0 Å². The highest BCUT2D eigenvalue weighted by atomic mass is 16.5. The quantitative estimate of drug-likeness (QED) is 0.791. The van der Waals surface area contributed by atoms with Crippen LogP contribution in [0.5, 0.6) is 5.75 Å². The molecule has 30 heavy (non-hydrogen) atoms. The van der Waals surface area contributed by atoms with Crippen LogP contribution in [0.3, 0.4) is 0 Å².